The van der Waals surface area contributed by atoms with E-state index in [9.17, 15) is 8.78 Å². The SMILES string of the molecule is Fc1cc(CCN2CCNCC2)c(F)cn1. The number of nitrogens with zero attached hydrogens (tertiary/aromatic N) is 2. The molecule has 0 spiro atoms. The first kappa shape index (κ1) is 11.4. The Kier molecular flexibility index (Phi) is 3.79. The Balaban J connectivity index is 1.90. The van der Waals surface area contributed by atoms with Gasteiger partial charge in [-0.1, -0.05) is 0 Å². The van der Waals surface area contributed by atoms with E-state index in [0.29, 0.717) is 12.0 Å². The van der Waals surface area contributed by atoms with Gasteiger partial charge in [0.25, 0.3) is 0 Å². The monoisotopic (exact) mass is 227 g/mol. The van der Waals surface area contributed by atoms with E-state index < -0.39 is 11.8 Å². The summed E-state index contributed by atoms with van der Waals surface area (Å²) in [5.74, 6) is -1.03. The minimum atomic E-state index is -0.614. The fourth-order valence-electron chi connectivity index (χ4n) is 1.86. The second-order valence-electron chi connectivity index (χ2n) is 3.94. The van der Waals surface area contributed by atoms with Gasteiger partial charge in [-0.3, -0.25) is 0 Å². The Morgan fingerprint density at radius 1 is 1.31 bits per heavy atom. The maximum absolute atomic E-state index is 13.3. The molecule has 1 aliphatic heterocycles. The molecule has 1 fully saturated rings. The van der Waals surface area contributed by atoms with Gasteiger partial charge < -0.3 is 10.2 Å². The summed E-state index contributed by atoms with van der Waals surface area (Å²) < 4.78 is 26.1. The molecule has 1 aromatic rings. The van der Waals surface area contributed by atoms with E-state index in [2.05, 4.69) is 15.2 Å². The quantitative estimate of drug-likeness (QED) is 0.774. The highest BCUT2D eigenvalue weighted by atomic mass is 19.1. The average Bonchev–Trinajstić information content (AvgIpc) is 2.32. The number of piperazine rings is 1. The van der Waals surface area contributed by atoms with Gasteiger partial charge in [-0.15, -0.1) is 0 Å². The van der Waals surface area contributed by atoms with Gasteiger partial charge in [0.05, 0.1) is 6.20 Å². The van der Waals surface area contributed by atoms with Crippen LogP contribution in [-0.2, 0) is 6.42 Å². The number of rotatable bonds is 3. The van der Waals surface area contributed by atoms with Crippen molar-refractivity contribution in [3.8, 4) is 0 Å². The van der Waals surface area contributed by atoms with Crippen molar-refractivity contribution in [1.82, 2.24) is 15.2 Å². The molecule has 1 aromatic heterocycles. The molecule has 1 saturated heterocycles. The lowest BCUT2D eigenvalue weighted by Gasteiger charge is -2.27. The van der Waals surface area contributed by atoms with Crippen LogP contribution in [0.2, 0.25) is 0 Å². The summed E-state index contributed by atoms with van der Waals surface area (Å²) in [7, 11) is 0. The molecule has 0 amide bonds. The van der Waals surface area contributed by atoms with Gasteiger partial charge in [0, 0.05) is 32.7 Å². The van der Waals surface area contributed by atoms with Crippen molar-refractivity contribution >= 4 is 0 Å². The lowest BCUT2D eigenvalue weighted by atomic mass is 10.1. The lowest BCUT2D eigenvalue weighted by Crippen LogP contribution is -2.44. The van der Waals surface area contributed by atoms with Crippen LogP contribution in [0.25, 0.3) is 0 Å². The van der Waals surface area contributed by atoms with Crippen LogP contribution in [0, 0.1) is 11.8 Å². The van der Waals surface area contributed by atoms with E-state index in [4.69, 9.17) is 0 Å². The van der Waals surface area contributed by atoms with Crippen LogP contribution < -0.4 is 5.32 Å². The smallest absolute Gasteiger partial charge is 0.213 e. The van der Waals surface area contributed by atoms with Crippen molar-refractivity contribution in [2.24, 2.45) is 0 Å². The highest BCUT2D eigenvalue weighted by Crippen LogP contribution is 2.08. The molecule has 0 saturated carbocycles. The second-order valence-corrected chi connectivity index (χ2v) is 3.94. The number of pyridine rings is 1. The summed E-state index contributed by atoms with van der Waals surface area (Å²) in [4.78, 5) is 5.51. The molecule has 16 heavy (non-hydrogen) atoms. The Morgan fingerprint density at radius 2 is 2.06 bits per heavy atom. The van der Waals surface area contributed by atoms with E-state index in [1.54, 1.807) is 0 Å². The van der Waals surface area contributed by atoms with Crippen molar-refractivity contribution in [3.05, 3.63) is 29.6 Å². The summed E-state index contributed by atoms with van der Waals surface area (Å²) in [6.07, 6.45) is 1.48. The van der Waals surface area contributed by atoms with E-state index in [0.717, 1.165) is 38.9 Å². The molecular weight excluding hydrogens is 212 g/mol. The number of hydrogen-bond donors (Lipinski definition) is 1. The summed E-state index contributed by atoms with van der Waals surface area (Å²) in [6.45, 7) is 4.63. The van der Waals surface area contributed by atoms with Crippen LogP contribution >= 0.6 is 0 Å². The molecule has 2 heterocycles. The van der Waals surface area contributed by atoms with Crippen molar-refractivity contribution in [2.75, 3.05) is 32.7 Å². The van der Waals surface area contributed by atoms with Crippen LogP contribution in [0.15, 0.2) is 12.3 Å². The van der Waals surface area contributed by atoms with Gasteiger partial charge in [-0.2, -0.15) is 4.39 Å². The maximum atomic E-state index is 13.3. The third kappa shape index (κ3) is 2.96. The summed E-state index contributed by atoms with van der Waals surface area (Å²) in [5.41, 5.74) is 0.408. The van der Waals surface area contributed by atoms with Crippen LogP contribution in [0.3, 0.4) is 0 Å². The minimum Gasteiger partial charge on any atom is -0.314 e. The van der Waals surface area contributed by atoms with Gasteiger partial charge in [-0.25, -0.2) is 9.37 Å². The molecule has 0 unspecified atom stereocenters. The molecular formula is C11H15F2N3. The van der Waals surface area contributed by atoms with Crippen LogP contribution in [0.5, 0.6) is 0 Å². The van der Waals surface area contributed by atoms with Crippen molar-refractivity contribution < 1.29 is 8.78 Å². The van der Waals surface area contributed by atoms with Crippen molar-refractivity contribution in [2.45, 2.75) is 6.42 Å². The number of hydrogen-bond acceptors (Lipinski definition) is 3. The molecule has 0 aromatic carbocycles. The third-order valence-corrected chi connectivity index (χ3v) is 2.81. The molecule has 5 heteroatoms. The van der Waals surface area contributed by atoms with E-state index in [-0.39, 0.29) is 0 Å². The molecule has 0 radical (unpaired) electrons. The molecule has 1 aliphatic rings. The zero-order chi connectivity index (χ0) is 11.4. The normalized spacial score (nSPS) is 17.6. The molecule has 1 N–H and O–H groups in total. The highest BCUT2D eigenvalue weighted by molar-refractivity contribution is 5.13. The van der Waals surface area contributed by atoms with Crippen LogP contribution in [0.4, 0.5) is 8.78 Å². The molecule has 0 bridgehead atoms. The lowest BCUT2D eigenvalue weighted by molar-refractivity contribution is 0.243. The number of halogens is 2. The minimum absolute atomic E-state index is 0.408. The Labute approximate surface area is 93.5 Å². The molecule has 0 atom stereocenters. The van der Waals surface area contributed by atoms with Crippen molar-refractivity contribution in [3.63, 3.8) is 0 Å². The third-order valence-electron chi connectivity index (χ3n) is 2.81. The first-order valence-corrected chi connectivity index (χ1v) is 5.49. The Bertz CT molecular complexity index is 351. The fraction of sp³-hybridized carbons (Fsp3) is 0.545. The van der Waals surface area contributed by atoms with Gasteiger partial charge in [0.1, 0.15) is 5.82 Å². The standard InChI is InChI=1S/C11H15F2N3/c12-10-8-15-11(13)7-9(10)1-4-16-5-2-14-3-6-16/h7-8,14H,1-6H2. The topological polar surface area (TPSA) is 28.2 Å². The predicted octanol–water partition coefficient (Wildman–Crippen LogP) is 0.807. The van der Waals surface area contributed by atoms with Gasteiger partial charge in [-0.05, 0) is 18.1 Å². The molecule has 0 aliphatic carbocycles. The molecule has 2 rings (SSSR count). The fourth-order valence-corrected chi connectivity index (χ4v) is 1.86. The molecule has 3 nitrogen and oxygen atoms in total. The van der Waals surface area contributed by atoms with E-state index in [1.807, 2.05) is 0 Å². The first-order chi connectivity index (χ1) is 7.75. The predicted molar refractivity (Wildman–Crippen MR) is 57.2 cm³/mol. The molecule has 88 valence electrons. The maximum Gasteiger partial charge on any atom is 0.213 e. The van der Waals surface area contributed by atoms with Gasteiger partial charge in [0.15, 0.2) is 0 Å². The number of aromatic nitrogens is 1. The zero-order valence-corrected chi connectivity index (χ0v) is 9.05. The highest BCUT2D eigenvalue weighted by Gasteiger charge is 2.11. The zero-order valence-electron chi connectivity index (χ0n) is 9.05. The Hall–Kier alpha value is -1.07. The largest absolute Gasteiger partial charge is 0.314 e. The first-order valence-electron chi connectivity index (χ1n) is 5.49. The van der Waals surface area contributed by atoms with E-state index >= 15 is 0 Å². The number of nitrogens with one attached hydrogen (secondary N) is 1. The van der Waals surface area contributed by atoms with E-state index in [1.165, 1.54) is 6.07 Å². The summed E-state index contributed by atoms with van der Waals surface area (Å²) in [6, 6.07) is 1.18. The summed E-state index contributed by atoms with van der Waals surface area (Å²) >= 11 is 0. The van der Waals surface area contributed by atoms with Gasteiger partial charge >= 0.3 is 0 Å². The average molecular weight is 227 g/mol. The van der Waals surface area contributed by atoms with Crippen LogP contribution in [0.1, 0.15) is 5.56 Å². The Morgan fingerprint density at radius 3 is 2.81 bits per heavy atom. The van der Waals surface area contributed by atoms with Crippen LogP contribution in [-0.4, -0.2) is 42.6 Å². The van der Waals surface area contributed by atoms with Crippen molar-refractivity contribution in [1.29, 1.82) is 0 Å². The van der Waals surface area contributed by atoms with Gasteiger partial charge in [0.2, 0.25) is 5.95 Å². The summed E-state index contributed by atoms with van der Waals surface area (Å²) in [5, 5.41) is 3.25. The second kappa shape index (κ2) is 5.32.